The van der Waals surface area contributed by atoms with Gasteiger partial charge in [0.15, 0.2) is 11.5 Å². The Morgan fingerprint density at radius 1 is 1.42 bits per heavy atom. The summed E-state index contributed by atoms with van der Waals surface area (Å²) in [6.07, 6.45) is 0.998. The van der Waals surface area contributed by atoms with Crippen molar-refractivity contribution in [1.29, 1.82) is 0 Å². The SMILES string of the molecule is CCC(C)NC(CO)c1cc(OC)c2c(c1)OCO2. The maximum absolute atomic E-state index is 9.56. The van der Waals surface area contributed by atoms with Crippen LogP contribution in [0.5, 0.6) is 17.2 Å². The summed E-state index contributed by atoms with van der Waals surface area (Å²) in [5.41, 5.74) is 0.934. The predicted molar refractivity (Wildman–Crippen MR) is 71.8 cm³/mol. The molecule has 2 N–H and O–H groups in total. The van der Waals surface area contributed by atoms with Gasteiger partial charge in [0, 0.05) is 6.04 Å². The molecule has 0 fully saturated rings. The van der Waals surface area contributed by atoms with Gasteiger partial charge < -0.3 is 24.6 Å². The second-order valence-electron chi connectivity index (χ2n) is 4.67. The van der Waals surface area contributed by atoms with E-state index in [0.29, 0.717) is 23.3 Å². The molecule has 1 aromatic rings. The molecule has 1 aliphatic heterocycles. The van der Waals surface area contributed by atoms with Crippen LogP contribution in [0.3, 0.4) is 0 Å². The van der Waals surface area contributed by atoms with Crippen LogP contribution in [0.2, 0.25) is 0 Å². The molecule has 106 valence electrons. The van der Waals surface area contributed by atoms with E-state index in [9.17, 15) is 5.11 Å². The van der Waals surface area contributed by atoms with Crippen LogP contribution in [0.15, 0.2) is 12.1 Å². The lowest BCUT2D eigenvalue weighted by Crippen LogP contribution is -2.32. The number of fused-ring (bicyclic) bond motifs is 1. The molecule has 1 aromatic carbocycles. The molecule has 0 saturated heterocycles. The third-order valence-corrected chi connectivity index (χ3v) is 3.36. The monoisotopic (exact) mass is 267 g/mol. The first kappa shape index (κ1) is 14.0. The van der Waals surface area contributed by atoms with Gasteiger partial charge in [-0.05, 0) is 31.0 Å². The highest BCUT2D eigenvalue weighted by molar-refractivity contribution is 5.55. The van der Waals surface area contributed by atoms with Crippen molar-refractivity contribution >= 4 is 0 Å². The van der Waals surface area contributed by atoms with Crippen LogP contribution < -0.4 is 19.5 Å². The van der Waals surface area contributed by atoms with Crippen LogP contribution in [0.25, 0.3) is 0 Å². The summed E-state index contributed by atoms with van der Waals surface area (Å²) in [6.45, 7) is 4.42. The molecule has 0 amide bonds. The van der Waals surface area contributed by atoms with E-state index in [1.165, 1.54) is 0 Å². The van der Waals surface area contributed by atoms with Crippen molar-refractivity contribution in [2.24, 2.45) is 0 Å². The Labute approximate surface area is 113 Å². The van der Waals surface area contributed by atoms with Gasteiger partial charge in [0.05, 0.1) is 19.8 Å². The Balaban J connectivity index is 2.28. The van der Waals surface area contributed by atoms with Gasteiger partial charge in [0.1, 0.15) is 0 Å². The van der Waals surface area contributed by atoms with Crippen LogP contribution in [0.4, 0.5) is 0 Å². The molecule has 2 unspecified atom stereocenters. The molecule has 1 aliphatic rings. The fourth-order valence-electron chi connectivity index (χ4n) is 2.07. The molecule has 2 atom stereocenters. The maximum atomic E-state index is 9.56. The maximum Gasteiger partial charge on any atom is 0.231 e. The van der Waals surface area contributed by atoms with E-state index in [1.54, 1.807) is 7.11 Å². The minimum Gasteiger partial charge on any atom is -0.493 e. The Bertz CT molecular complexity index is 436. The Kier molecular flexibility index (Phi) is 4.50. The highest BCUT2D eigenvalue weighted by Crippen LogP contribution is 2.42. The number of aliphatic hydroxyl groups is 1. The lowest BCUT2D eigenvalue weighted by atomic mass is 10.0. The summed E-state index contributed by atoms with van der Waals surface area (Å²) in [6, 6.07) is 3.96. The predicted octanol–water partition coefficient (Wildman–Crippen LogP) is 1.85. The van der Waals surface area contributed by atoms with Crippen molar-refractivity contribution in [3.05, 3.63) is 17.7 Å². The first-order valence-corrected chi connectivity index (χ1v) is 6.54. The smallest absolute Gasteiger partial charge is 0.231 e. The van der Waals surface area contributed by atoms with Gasteiger partial charge >= 0.3 is 0 Å². The fourth-order valence-corrected chi connectivity index (χ4v) is 2.07. The zero-order valence-corrected chi connectivity index (χ0v) is 11.6. The zero-order chi connectivity index (χ0) is 13.8. The van der Waals surface area contributed by atoms with Gasteiger partial charge in [-0.15, -0.1) is 0 Å². The van der Waals surface area contributed by atoms with Crippen molar-refractivity contribution < 1.29 is 19.3 Å². The van der Waals surface area contributed by atoms with Gasteiger partial charge in [-0.3, -0.25) is 0 Å². The van der Waals surface area contributed by atoms with E-state index in [4.69, 9.17) is 14.2 Å². The lowest BCUT2D eigenvalue weighted by molar-refractivity contribution is 0.171. The number of methoxy groups -OCH3 is 1. The standard InChI is InChI=1S/C14H21NO4/c1-4-9(2)15-11(7-16)10-5-12(17-3)14-13(6-10)18-8-19-14/h5-6,9,11,15-16H,4,7-8H2,1-3H3. The first-order chi connectivity index (χ1) is 9.19. The summed E-state index contributed by atoms with van der Waals surface area (Å²) in [5, 5.41) is 12.9. The number of hydrogen-bond donors (Lipinski definition) is 2. The molecule has 0 aromatic heterocycles. The Hall–Kier alpha value is -1.46. The normalized spacial score (nSPS) is 16.2. The lowest BCUT2D eigenvalue weighted by Gasteiger charge is -2.22. The Morgan fingerprint density at radius 3 is 2.84 bits per heavy atom. The molecule has 0 saturated carbocycles. The van der Waals surface area contributed by atoms with E-state index >= 15 is 0 Å². The summed E-state index contributed by atoms with van der Waals surface area (Å²) in [7, 11) is 1.59. The zero-order valence-electron chi connectivity index (χ0n) is 11.6. The third-order valence-electron chi connectivity index (χ3n) is 3.36. The largest absolute Gasteiger partial charge is 0.493 e. The average molecular weight is 267 g/mol. The molecule has 19 heavy (non-hydrogen) atoms. The van der Waals surface area contributed by atoms with Crippen molar-refractivity contribution in [2.45, 2.75) is 32.4 Å². The molecule has 2 rings (SSSR count). The van der Waals surface area contributed by atoms with Crippen LogP contribution in [-0.2, 0) is 0 Å². The van der Waals surface area contributed by atoms with Crippen molar-refractivity contribution in [3.8, 4) is 17.2 Å². The number of ether oxygens (including phenoxy) is 3. The molecule has 0 radical (unpaired) electrons. The molecule has 0 aliphatic carbocycles. The fraction of sp³-hybridized carbons (Fsp3) is 0.571. The van der Waals surface area contributed by atoms with Crippen molar-refractivity contribution in [3.63, 3.8) is 0 Å². The number of hydrogen-bond acceptors (Lipinski definition) is 5. The molecule has 1 heterocycles. The summed E-state index contributed by atoms with van der Waals surface area (Å²) in [4.78, 5) is 0. The van der Waals surface area contributed by atoms with Crippen LogP contribution in [0.1, 0.15) is 31.9 Å². The van der Waals surface area contributed by atoms with Gasteiger partial charge in [0.2, 0.25) is 12.5 Å². The topological polar surface area (TPSA) is 60.0 Å². The molecular formula is C14H21NO4. The molecule has 5 heteroatoms. The summed E-state index contributed by atoms with van der Waals surface area (Å²) >= 11 is 0. The second kappa shape index (κ2) is 6.12. The molecule has 0 bridgehead atoms. The first-order valence-electron chi connectivity index (χ1n) is 6.54. The van der Waals surface area contributed by atoms with Gasteiger partial charge in [-0.25, -0.2) is 0 Å². The molecule has 5 nitrogen and oxygen atoms in total. The minimum atomic E-state index is -0.140. The highest BCUT2D eigenvalue weighted by atomic mass is 16.7. The van der Waals surface area contributed by atoms with E-state index < -0.39 is 0 Å². The molecule has 0 spiro atoms. The number of rotatable bonds is 6. The van der Waals surface area contributed by atoms with Crippen molar-refractivity contribution in [1.82, 2.24) is 5.32 Å². The minimum absolute atomic E-state index is 0.0210. The summed E-state index contributed by atoms with van der Waals surface area (Å²) < 4.78 is 16.1. The number of nitrogens with one attached hydrogen (secondary N) is 1. The van der Waals surface area contributed by atoms with E-state index in [-0.39, 0.29) is 19.4 Å². The van der Waals surface area contributed by atoms with Crippen molar-refractivity contribution in [2.75, 3.05) is 20.5 Å². The quantitative estimate of drug-likeness (QED) is 0.823. The van der Waals surface area contributed by atoms with Crippen LogP contribution in [-0.4, -0.2) is 31.7 Å². The van der Waals surface area contributed by atoms with Crippen LogP contribution in [0, 0.1) is 0 Å². The number of aliphatic hydroxyl groups excluding tert-OH is 1. The third kappa shape index (κ3) is 2.93. The van der Waals surface area contributed by atoms with Gasteiger partial charge in [0.25, 0.3) is 0 Å². The number of benzene rings is 1. The van der Waals surface area contributed by atoms with E-state index in [1.807, 2.05) is 12.1 Å². The van der Waals surface area contributed by atoms with Gasteiger partial charge in [-0.1, -0.05) is 6.92 Å². The molecular weight excluding hydrogens is 246 g/mol. The summed E-state index contributed by atoms with van der Waals surface area (Å²) in [5.74, 6) is 1.93. The van der Waals surface area contributed by atoms with E-state index in [0.717, 1.165) is 12.0 Å². The average Bonchev–Trinajstić information content (AvgIpc) is 2.91. The van der Waals surface area contributed by atoms with Crippen LogP contribution >= 0.6 is 0 Å². The van der Waals surface area contributed by atoms with E-state index in [2.05, 4.69) is 19.2 Å². The Morgan fingerprint density at radius 2 is 2.21 bits per heavy atom. The highest BCUT2D eigenvalue weighted by Gasteiger charge is 2.23. The second-order valence-corrected chi connectivity index (χ2v) is 4.67. The van der Waals surface area contributed by atoms with Gasteiger partial charge in [-0.2, -0.15) is 0 Å².